The van der Waals surface area contributed by atoms with Gasteiger partial charge in [-0.3, -0.25) is 14.9 Å². The molecule has 35 heavy (non-hydrogen) atoms. The summed E-state index contributed by atoms with van der Waals surface area (Å²) in [5, 5.41) is 2.21. The van der Waals surface area contributed by atoms with Gasteiger partial charge >= 0.3 is 6.03 Å². The molecule has 1 heterocycles. The van der Waals surface area contributed by atoms with E-state index in [1.165, 1.54) is 18.2 Å². The molecular formula is C27H23FN2O5. The van der Waals surface area contributed by atoms with Crippen LogP contribution in [0.25, 0.3) is 6.08 Å². The lowest BCUT2D eigenvalue weighted by atomic mass is 10.1. The van der Waals surface area contributed by atoms with Gasteiger partial charge in [-0.2, -0.15) is 0 Å². The lowest BCUT2D eigenvalue weighted by Gasteiger charge is -2.26. The minimum Gasteiger partial charge on any atom is -0.494 e. The number of amides is 4. The second kappa shape index (κ2) is 10.6. The van der Waals surface area contributed by atoms with Gasteiger partial charge < -0.3 is 9.47 Å². The van der Waals surface area contributed by atoms with Gasteiger partial charge in [0.05, 0.1) is 12.3 Å². The fourth-order valence-corrected chi connectivity index (χ4v) is 3.38. The molecule has 0 saturated carbocycles. The van der Waals surface area contributed by atoms with E-state index in [1.54, 1.807) is 60.7 Å². The van der Waals surface area contributed by atoms with Crippen molar-refractivity contribution < 1.29 is 28.2 Å². The van der Waals surface area contributed by atoms with Gasteiger partial charge in [0.15, 0.2) is 0 Å². The van der Waals surface area contributed by atoms with Crippen LogP contribution in [0.2, 0.25) is 0 Å². The first-order valence-electron chi connectivity index (χ1n) is 11.1. The molecule has 0 atom stereocenters. The number of nitrogens with zero attached hydrogens (tertiary/aromatic N) is 1. The Hall–Kier alpha value is -4.46. The van der Waals surface area contributed by atoms with Crippen molar-refractivity contribution in [2.45, 2.75) is 20.0 Å². The highest BCUT2D eigenvalue weighted by Crippen LogP contribution is 2.25. The topological polar surface area (TPSA) is 84.9 Å². The quantitative estimate of drug-likeness (QED) is 0.372. The largest absolute Gasteiger partial charge is 0.494 e. The van der Waals surface area contributed by atoms with Crippen molar-refractivity contribution in [2.24, 2.45) is 0 Å². The molecule has 1 aliphatic heterocycles. The van der Waals surface area contributed by atoms with Gasteiger partial charge in [-0.05, 0) is 72.2 Å². The van der Waals surface area contributed by atoms with Gasteiger partial charge in [-0.1, -0.05) is 31.2 Å². The molecule has 4 amide bonds. The van der Waals surface area contributed by atoms with Crippen LogP contribution in [-0.4, -0.2) is 24.5 Å². The van der Waals surface area contributed by atoms with E-state index < -0.39 is 17.8 Å². The summed E-state index contributed by atoms with van der Waals surface area (Å²) in [6, 6.07) is 18.5. The van der Waals surface area contributed by atoms with E-state index in [-0.39, 0.29) is 18.0 Å². The standard InChI is InChI=1S/C27H23FN2O5/c1-2-15-34-22-13-9-21(10-14-22)30-26(32)24(25(31)29-27(30)33)16-18-5-11-23(12-6-18)35-17-19-3-7-20(28)8-4-19/h3-14,16H,2,15,17H2,1H3,(H,29,31,33)/b24-16-. The Morgan fingerprint density at radius 2 is 1.49 bits per heavy atom. The van der Waals surface area contributed by atoms with E-state index in [0.29, 0.717) is 29.4 Å². The van der Waals surface area contributed by atoms with E-state index in [0.717, 1.165) is 16.9 Å². The molecule has 3 aromatic carbocycles. The number of halogens is 1. The summed E-state index contributed by atoms with van der Waals surface area (Å²) in [7, 11) is 0. The molecule has 0 radical (unpaired) electrons. The fourth-order valence-electron chi connectivity index (χ4n) is 3.38. The maximum absolute atomic E-state index is 13.1. The van der Waals surface area contributed by atoms with E-state index >= 15 is 0 Å². The third kappa shape index (κ3) is 5.73. The van der Waals surface area contributed by atoms with Crippen molar-refractivity contribution in [2.75, 3.05) is 11.5 Å². The number of anilines is 1. The van der Waals surface area contributed by atoms with Crippen LogP contribution in [0.1, 0.15) is 24.5 Å². The summed E-state index contributed by atoms with van der Waals surface area (Å²) < 4.78 is 24.2. The number of hydrogen-bond acceptors (Lipinski definition) is 5. The minimum atomic E-state index is -0.816. The average molecular weight is 474 g/mol. The number of ether oxygens (including phenoxy) is 2. The number of carbonyl (C=O) groups excluding carboxylic acids is 3. The SMILES string of the molecule is CCCOc1ccc(N2C(=O)NC(=O)/C(=C/c3ccc(OCc4ccc(F)cc4)cc3)C2=O)cc1. The van der Waals surface area contributed by atoms with Crippen LogP contribution in [0, 0.1) is 5.82 Å². The van der Waals surface area contributed by atoms with Crippen LogP contribution in [0.5, 0.6) is 11.5 Å². The monoisotopic (exact) mass is 474 g/mol. The summed E-state index contributed by atoms with van der Waals surface area (Å²) in [6.45, 7) is 2.81. The van der Waals surface area contributed by atoms with Crippen molar-refractivity contribution in [1.29, 1.82) is 0 Å². The number of imide groups is 2. The van der Waals surface area contributed by atoms with Crippen LogP contribution in [0.3, 0.4) is 0 Å². The number of rotatable bonds is 8. The highest BCUT2D eigenvalue weighted by Gasteiger charge is 2.36. The van der Waals surface area contributed by atoms with Crippen molar-refractivity contribution >= 4 is 29.6 Å². The van der Waals surface area contributed by atoms with E-state index in [1.807, 2.05) is 6.92 Å². The van der Waals surface area contributed by atoms with E-state index in [4.69, 9.17) is 9.47 Å². The van der Waals surface area contributed by atoms with Crippen LogP contribution in [0.4, 0.5) is 14.9 Å². The molecule has 8 heteroatoms. The highest BCUT2D eigenvalue weighted by atomic mass is 19.1. The van der Waals surface area contributed by atoms with Crippen LogP contribution in [0.15, 0.2) is 78.4 Å². The first-order valence-corrected chi connectivity index (χ1v) is 11.1. The minimum absolute atomic E-state index is 0.170. The Labute approximate surface area is 201 Å². The number of benzene rings is 3. The summed E-state index contributed by atoms with van der Waals surface area (Å²) in [5.74, 6) is -0.619. The third-order valence-electron chi connectivity index (χ3n) is 5.18. The first-order chi connectivity index (χ1) is 16.9. The number of barbiturate groups is 1. The Kier molecular flexibility index (Phi) is 7.21. The first kappa shape index (κ1) is 23.7. The molecule has 7 nitrogen and oxygen atoms in total. The van der Waals surface area contributed by atoms with Crippen LogP contribution in [-0.2, 0) is 16.2 Å². The molecule has 1 fully saturated rings. The lowest BCUT2D eigenvalue weighted by molar-refractivity contribution is -0.122. The highest BCUT2D eigenvalue weighted by molar-refractivity contribution is 6.39. The molecule has 0 aliphatic carbocycles. The number of carbonyl (C=O) groups is 3. The third-order valence-corrected chi connectivity index (χ3v) is 5.18. The molecule has 0 aromatic heterocycles. The predicted octanol–water partition coefficient (Wildman–Crippen LogP) is 4.86. The van der Waals surface area contributed by atoms with Crippen molar-refractivity contribution in [1.82, 2.24) is 5.32 Å². The lowest BCUT2D eigenvalue weighted by Crippen LogP contribution is -2.54. The molecule has 3 aromatic rings. The summed E-state index contributed by atoms with van der Waals surface area (Å²) in [5.41, 5.74) is 1.54. The zero-order valence-electron chi connectivity index (χ0n) is 19.0. The average Bonchev–Trinajstić information content (AvgIpc) is 2.86. The van der Waals surface area contributed by atoms with Gasteiger partial charge in [0.25, 0.3) is 11.8 Å². The molecule has 1 aliphatic rings. The summed E-state index contributed by atoms with van der Waals surface area (Å²) >= 11 is 0. The predicted molar refractivity (Wildman–Crippen MR) is 128 cm³/mol. The van der Waals surface area contributed by atoms with Gasteiger partial charge in [0.1, 0.15) is 29.5 Å². The fraction of sp³-hybridized carbons (Fsp3) is 0.148. The van der Waals surface area contributed by atoms with Gasteiger partial charge in [-0.15, -0.1) is 0 Å². The zero-order chi connectivity index (χ0) is 24.8. The summed E-state index contributed by atoms with van der Waals surface area (Å²) in [6.07, 6.45) is 2.27. The van der Waals surface area contributed by atoms with E-state index in [2.05, 4.69) is 5.32 Å². The molecule has 1 saturated heterocycles. The molecule has 0 spiro atoms. The number of nitrogens with one attached hydrogen (secondary N) is 1. The maximum atomic E-state index is 13.1. The van der Waals surface area contributed by atoms with Crippen molar-refractivity contribution in [3.63, 3.8) is 0 Å². The zero-order valence-corrected chi connectivity index (χ0v) is 19.0. The van der Waals surface area contributed by atoms with Gasteiger partial charge in [-0.25, -0.2) is 14.1 Å². The smallest absolute Gasteiger partial charge is 0.335 e. The Balaban J connectivity index is 1.47. The molecule has 0 unspecified atom stereocenters. The number of urea groups is 1. The van der Waals surface area contributed by atoms with Crippen LogP contribution < -0.4 is 19.7 Å². The van der Waals surface area contributed by atoms with Crippen LogP contribution >= 0.6 is 0 Å². The normalized spacial score (nSPS) is 14.7. The second-order valence-corrected chi connectivity index (χ2v) is 7.78. The molecule has 178 valence electrons. The van der Waals surface area contributed by atoms with E-state index in [9.17, 15) is 18.8 Å². The maximum Gasteiger partial charge on any atom is 0.335 e. The Morgan fingerprint density at radius 3 is 2.14 bits per heavy atom. The molecular weight excluding hydrogens is 451 g/mol. The van der Waals surface area contributed by atoms with Crippen molar-refractivity contribution in [3.8, 4) is 11.5 Å². The second-order valence-electron chi connectivity index (χ2n) is 7.78. The summed E-state index contributed by atoms with van der Waals surface area (Å²) in [4.78, 5) is 38.8. The van der Waals surface area contributed by atoms with Gasteiger partial charge in [0, 0.05) is 0 Å². The Bertz CT molecular complexity index is 1250. The Morgan fingerprint density at radius 1 is 0.857 bits per heavy atom. The molecule has 1 N–H and O–H groups in total. The van der Waals surface area contributed by atoms with Crippen molar-refractivity contribution in [3.05, 3.63) is 95.3 Å². The molecule has 0 bridgehead atoms. The van der Waals surface area contributed by atoms with Gasteiger partial charge in [0.2, 0.25) is 0 Å². The number of hydrogen-bond donors (Lipinski definition) is 1. The molecule has 4 rings (SSSR count).